The minimum Gasteiger partial charge on any atom is -0.497 e. The van der Waals surface area contributed by atoms with E-state index in [9.17, 15) is 19.5 Å². The number of hydrogen-bond donors (Lipinski definition) is 3. The predicted octanol–water partition coefficient (Wildman–Crippen LogP) is 3.23. The highest BCUT2D eigenvalue weighted by atomic mass is 32.1. The van der Waals surface area contributed by atoms with E-state index in [0.29, 0.717) is 17.1 Å². The summed E-state index contributed by atoms with van der Waals surface area (Å²) in [6.45, 7) is 0. The maximum absolute atomic E-state index is 13.4. The Morgan fingerprint density at radius 3 is 2.41 bits per heavy atom. The minimum atomic E-state index is -1.15. The molecule has 4 aromatic rings. The van der Waals surface area contributed by atoms with Crippen molar-refractivity contribution >= 4 is 28.3 Å². The van der Waals surface area contributed by atoms with Crippen molar-refractivity contribution in [2.24, 2.45) is 0 Å². The zero-order chi connectivity index (χ0) is 26.5. The van der Waals surface area contributed by atoms with Crippen molar-refractivity contribution in [3.8, 4) is 28.6 Å². The van der Waals surface area contributed by atoms with Gasteiger partial charge in [-0.1, -0.05) is 30.3 Å². The van der Waals surface area contributed by atoms with Crippen LogP contribution in [0.5, 0.6) is 17.4 Å². The summed E-state index contributed by atoms with van der Waals surface area (Å²) in [6.07, 6.45) is 0.0914. The highest BCUT2D eigenvalue weighted by molar-refractivity contribution is 7.14. The largest absolute Gasteiger partial charge is 0.497 e. The molecule has 192 valence electrons. The van der Waals surface area contributed by atoms with E-state index in [1.165, 1.54) is 26.7 Å². The lowest BCUT2D eigenvalue weighted by atomic mass is 10.0. The number of benzene rings is 2. The smallest absolute Gasteiger partial charge is 0.357 e. The third-order valence-electron chi connectivity index (χ3n) is 5.56. The van der Waals surface area contributed by atoms with E-state index in [1.54, 1.807) is 18.2 Å². The van der Waals surface area contributed by atoms with Crippen LogP contribution in [0.2, 0.25) is 0 Å². The lowest BCUT2D eigenvalue weighted by Crippen LogP contribution is -2.33. The molecular weight excluding hydrogens is 500 g/mol. The van der Waals surface area contributed by atoms with Crippen molar-refractivity contribution in [2.45, 2.75) is 12.5 Å². The topological polar surface area (TPSA) is 145 Å². The van der Waals surface area contributed by atoms with Crippen LogP contribution >= 0.6 is 11.3 Å². The molecule has 4 rings (SSSR count). The van der Waals surface area contributed by atoms with Crippen molar-refractivity contribution in [3.05, 3.63) is 75.7 Å². The van der Waals surface area contributed by atoms with Gasteiger partial charge in [-0.3, -0.25) is 4.79 Å². The fraction of sp³-hybridized carbons (Fsp3) is 0.200. The van der Waals surface area contributed by atoms with Gasteiger partial charge in [0.05, 0.1) is 21.3 Å². The summed E-state index contributed by atoms with van der Waals surface area (Å²) >= 11 is 1.03. The molecule has 3 N–H and O–H groups in total. The van der Waals surface area contributed by atoms with Crippen LogP contribution in [0.4, 0.5) is 5.13 Å². The molecule has 12 heteroatoms. The van der Waals surface area contributed by atoms with E-state index in [4.69, 9.17) is 9.47 Å². The number of esters is 1. The van der Waals surface area contributed by atoms with Gasteiger partial charge >= 0.3 is 11.7 Å². The molecule has 0 aliphatic rings. The molecule has 0 bridgehead atoms. The summed E-state index contributed by atoms with van der Waals surface area (Å²) in [5.41, 5.74) is 0.619. The van der Waals surface area contributed by atoms with Gasteiger partial charge in [0, 0.05) is 23.4 Å². The third-order valence-corrected chi connectivity index (χ3v) is 6.32. The molecule has 2 aromatic carbocycles. The fourth-order valence-corrected chi connectivity index (χ4v) is 4.42. The summed E-state index contributed by atoms with van der Waals surface area (Å²) in [4.78, 5) is 45.0. The number of hydrogen-bond acceptors (Lipinski definition) is 9. The van der Waals surface area contributed by atoms with Gasteiger partial charge in [-0.05, 0) is 17.7 Å². The number of rotatable bonds is 9. The molecule has 37 heavy (non-hydrogen) atoms. The number of H-pyrrole nitrogens is 1. The number of thiazole rings is 1. The number of carbonyl (C=O) groups excluding carboxylic acids is 2. The zero-order valence-electron chi connectivity index (χ0n) is 20.2. The number of nitrogens with zero attached hydrogens (tertiary/aromatic N) is 2. The average molecular weight is 525 g/mol. The Balaban J connectivity index is 1.75. The monoisotopic (exact) mass is 524 g/mol. The fourth-order valence-electron chi connectivity index (χ4n) is 3.74. The van der Waals surface area contributed by atoms with Crippen molar-refractivity contribution in [3.63, 3.8) is 0 Å². The Kier molecular flexibility index (Phi) is 7.58. The molecule has 0 aliphatic heterocycles. The molecule has 0 spiro atoms. The molecule has 11 nitrogen and oxygen atoms in total. The highest BCUT2D eigenvalue weighted by Crippen LogP contribution is 2.34. The van der Waals surface area contributed by atoms with Crippen LogP contribution in [0.15, 0.2) is 58.7 Å². The van der Waals surface area contributed by atoms with Crippen LogP contribution in [0.1, 0.15) is 22.1 Å². The summed E-state index contributed by atoms with van der Waals surface area (Å²) in [6, 6.07) is 12.8. The Morgan fingerprint density at radius 2 is 1.78 bits per heavy atom. The summed E-state index contributed by atoms with van der Waals surface area (Å²) < 4.78 is 16.2. The number of anilines is 1. The van der Waals surface area contributed by atoms with Crippen LogP contribution in [-0.2, 0) is 16.0 Å². The van der Waals surface area contributed by atoms with Crippen LogP contribution in [0.25, 0.3) is 11.3 Å². The number of amides is 1. The Morgan fingerprint density at radius 1 is 1.11 bits per heavy atom. The maximum Gasteiger partial charge on any atom is 0.357 e. The number of imidazole rings is 1. The van der Waals surface area contributed by atoms with Gasteiger partial charge in [0.25, 0.3) is 0 Å². The van der Waals surface area contributed by atoms with Gasteiger partial charge in [0.1, 0.15) is 23.2 Å². The molecule has 2 aromatic heterocycles. The van der Waals surface area contributed by atoms with Crippen LogP contribution in [0, 0.1) is 0 Å². The Labute approximate surface area is 215 Å². The summed E-state index contributed by atoms with van der Waals surface area (Å²) in [7, 11) is 4.19. The van der Waals surface area contributed by atoms with Gasteiger partial charge in [-0.25, -0.2) is 19.1 Å². The number of methoxy groups -OCH3 is 3. The molecule has 0 aliphatic carbocycles. The number of nitrogens with one attached hydrogen (secondary N) is 2. The lowest BCUT2D eigenvalue weighted by molar-refractivity contribution is -0.119. The number of aromatic amines is 1. The number of aromatic nitrogens is 3. The van der Waals surface area contributed by atoms with E-state index in [2.05, 4.69) is 20.0 Å². The maximum atomic E-state index is 13.4. The molecule has 1 amide bonds. The standard InChI is InChI=1S/C25H24N4O7S/c1-34-16-10-15(11-17(12-16)35-2)20-22(31)29(25(33)27-20)19(9-14-7-5-4-6-8-14)21(30)28-24-26-18(13-37-24)23(32)36-3/h4-8,10-13,19,31H,9H2,1-3H3,(H,27,33)(H,26,28,30)/t19-/m0/s1. The number of aromatic hydroxyl groups is 1. The van der Waals surface area contributed by atoms with Gasteiger partial charge in [0.2, 0.25) is 11.8 Å². The number of ether oxygens (including phenoxy) is 3. The van der Waals surface area contributed by atoms with Crippen molar-refractivity contribution in [1.82, 2.24) is 14.5 Å². The van der Waals surface area contributed by atoms with E-state index in [0.717, 1.165) is 21.5 Å². The molecule has 1 atom stereocenters. The van der Waals surface area contributed by atoms with Crippen LogP contribution in [-0.4, -0.2) is 52.8 Å². The second-order valence-electron chi connectivity index (χ2n) is 7.82. The zero-order valence-corrected chi connectivity index (χ0v) is 21.0. The molecule has 0 radical (unpaired) electrons. The highest BCUT2D eigenvalue weighted by Gasteiger charge is 2.29. The first-order valence-electron chi connectivity index (χ1n) is 11.0. The van der Waals surface area contributed by atoms with E-state index < -0.39 is 29.5 Å². The van der Waals surface area contributed by atoms with Gasteiger partial charge in [-0.2, -0.15) is 0 Å². The predicted molar refractivity (Wildman–Crippen MR) is 137 cm³/mol. The SMILES string of the molecule is COC(=O)c1csc(NC(=O)[C@H](Cc2ccccc2)n2c(O)c(-c3cc(OC)cc(OC)c3)[nH]c2=O)n1. The van der Waals surface area contributed by atoms with E-state index in [-0.39, 0.29) is 22.9 Å². The third kappa shape index (κ3) is 5.48. The molecule has 0 fully saturated rings. The Hall–Kier alpha value is -4.58. The first kappa shape index (κ1) is 25.5. The molecule has 0 saturated carbocycles. The quantitative estimate of drug-likeness (QED) is 0.283. The minimum absolute atomic E-state index is 0.0401. The first-order chi connectivity index (χ1) is 17.8. The van der Waals surface area contributed by atoms with Crippen molar-refractivity contribution < 1.29 is 28.9 Å². The van der Waals surface area contributed by atoms with E-state index >= 15 is 0 Å². The average Bonchev–Trinajstić information content (AvgIpc) is 3.50. The summed E-state index contributed by atoms with van der Waals surface area (Å²) in [5, 5.41) is 15.4. The van der Waals surface area contributed by atoms with E-state index in [1.807, 2.05) is 30.3 Å². The molecular formula is C25H24N4O7S. The second kappa shape index (κ2) is 11.0. The lowest BCUT2D eigenvalue weighted by Gasteiger charge is -2.18. The van der Waals surface area contributed by atoms with Gasteiger partial charge in [-0.15, -0.1) is 11.3 Å². The first-order valence-corrected chi connectivity index (χ1v) is 11.9. The van der Waals surface area contributed by atoms with Crippen LogP contribution in [0.3, 0.4) is 0 Å². The van der Waals surface area contributed by atoms with Crippen molar-refractivity contribution in [1.29, 1.82) is 0 Å². The molecule has 0 saturated heterocycles. The van der Waals surface area contributed by atoms with Crippen LogP contribution < -0.4 is 20.5 Å². The van der Waals surface area contributed by atoms with Gasteiger partial charge in [0.15, 0.2) is 10.8 Å². The molecule has 0 unspecified atom stereocenters. The Bertz CT molecular complexity index is 1450. The number of carbonyl (C=O) groups is 2. The van der Waals surface area contributed by atoms with Crippen molar-refractivity contribution in [2.75, 3.05) is 26.6 Å². The second-order valence-corrected chi connectivity index (χ2v) is 8.68. The molecule has 2 heterocycles. The normalized spacial score (nSPS) is 11.5. The van der Waals surface area contributed by atoms with Gasteiger partial charge < -0.3 is 29.6 Å². The summed E-state index contributed by atoms with van der Waals surface area (Å²) in [5.74, 6) is -0.792.